The van der Waals surface area contributed by atoms with Gasteiger partial charge in [0.15, 0.2) is 0 Å². The Morgan fingerprint density at radius 1 is 1.40 bits per heavy atom. The summed E-state index contributed by atoms with van der Waals surface area (Å²) in [6, 6.07) is 5.93. The van der Waals surface area contributed by atoms with Crippen LogP contribution in [0.15, 0.2) is 31.0 Å². The lowest BCUT2D eigenvalue weighted by atomic mass is 10.0. The van der Waals surface area contributed by atoms with Crippen LogP contribution in [0.3, 0.4) is 0 Å². The van der Waals surface area contributed by atoms with Gasteiger partial charge in [-0.25, -0.2) is 9.97 Å². The predicted molar refractivity (Wildman–Crippen MR) is 91.6 cm³/mol. The van der Waals surface area contributed by atoms with E-state index in [1.165, 1.54) is 6.33 Å². The maximum absolute atomic E-state index is 12.1. The molecule has 1 aliphatic rings. The van der Waals surface area contributed by atoms with Gasteiger partial charge in [-0.3, -0.25) is 9.48 Å². The van der Waals surface area contributed by atoms with E-state index in [2.05, 4.69) is 31.4 Å². The molecule has 3 heterocycles. The van der Waals surface area contributed by atoms with Gasteiger partial charge < -0.3 is 10.2 Å². The van der Waals surface area contributed by atoms with Crippen LogP contribution in [0.4, 0.5) is 5.82 Å². The number of hydrogen-bond donors (Lipinski definition) is 1. The van der Waals surface area contributed by atoms with E-state index < -0.39 is 0 Å². The molecule has 0 spiro atoms. The number of anilines is 1. The molecule has 3 rings (SSSR count). The molecule has 2 aromatic heterocycles. The first kappa shape index (κ1) is 16.9. The fraction of sp³-hybridized carbons (Fsp3) is 0.471. The van der Waals surface area contributed by atoms with Crippen LogP contribution in [0.25, 0.3) is 0 Å². The maximum atomic E-state index is 12.1. The first-order chi connectivity index (χ1) is 12.3. The van der Waals surface area contributed by atoms with Gasteiger partial charge in [0.1, 0.15) is 24.5 Å². The molecule has 0 unspecified atom stereocenters. The fourth-order valence-electron chi connectivity index (χ4n) is 3.02. The minimum absolute atomic E-state index is 0.0779. The number of piperidine rings is 1. The van der Waals surface area contributed by atoms with E-state index in [-0.39, 0.29) is 11.9 Å². The number of carbonyl (C=O) groups excluding carboxylic acids is 1. The Hall–Kier alpha value is -2.95. The first-order valence-electron chi connectivity index (χ1n) is 8.48. The van der Waals surface area contributed by atoms with Gasteiger partial charge in [0.25, 0.3) is 0 Å². The van der Waals surface area contributed by atoms with Crippen LogP contribution in [-0.2, 0) is 11.3 Å². The molecule has 0 radical (unpaired) electrons. The zero-order valence-electron chi connectivity index (χ0n) is 14.0. The minimum Gasteiger partial charge on any atom is -0.355 e. The topological polar surface area (TPSA) is 99.7 Å². The third-order valence-corrected chi connectivity index (χ3v) is 4.32. The molecule has 2 aromatic rings. The van der Waals surface area contributed by atoms with E-state index in [1.807, 2.05) is 0 Å². The fourth-order valence-corrected chi connectivity index (χ4v) is 3.02. The Balaban J connectivity index is 1.41. The van der Waals surface area contributed by atoms with Gasteiger partial charge >= 0.3 is 0 Å². The van der Waals surface area contributed by atoms with Crippen LogP contribution in [0.5, 0.6) is 0 Å². The van der Waals surface area contributed by atoms with Crippen molar-refractivity contribution in [2.45, 2.75) is 38.3 Å². The number of nitrogens with zero attached hydrogens (tertiary/aromatic N) is 6. The van der Waals surface area contributed by atoms with E-state index in [0.29, 0.717) is 18.5 Å². The van der Waals surface area contributed by atoms with E-state index in [4.69, 9.17) is 0 Å². The van der Waals surface area contributed by atoms with Crippen molar-refractivity contribution in [1.29, 1.82) is 5.26 Å². The molecule has 8 heteroatoms. The lowest BCUT2D eigenvalue weighted by molar-refractivity contribution is -0.122. The Morgan fingerprint density at radius 3 is 2.96 bits per heavy atom. The van der Waals surface area contributed by atoms with Crippen molar-refractivity contribution in [2.75, 3.05) is 18.0 Å². The van der Waals surface area contributed by atoms with Crippen molar-refractivity contribution in [3.63, 3.8) is 0 Å². The summed E-state index contributed by atoms with van der Waals surface area (Å²) in [6.45, 7) is 2.27. The number of nitrogens with one attached hydrogen (secondary N) is 1. The molecule has 25 heavy (non-hydrogen) atoms. The lowest BCUT2D eigenvalue weighted by Gasteiger charge is -2.33. The van der Waals surface area contributed by atoms with Gasteiger partial charge in [0, 0.05) is 38.3 Å². The number of hydrogen-bond acceptors (Lipinski definition) is 6. The van der Waals surface area contributed by atoms with Crippen molar-refractivity contribution in [1.82, 2.24) is 25.1 Å². The predicted octanol–water partition coefficient (Wildman–Crippen LogP) is 1.11. The Morgan fingerprint density at radius 2 is 2.24 bits per heavy atom. The number of amides is 1. The van der Waals surface area contributed by atoms with Gasteiger partial charge in [0.05, 0.1) is 5.56 Å². The second kappa shape index (κ2) is 8.24. The number of aryl methyl sites for hydroxylation is 1. The molecule has 0 aromatic carbocycles. The van der Waals surface area contributed by atoms with Gasteiger partial charge in [-0.15, -0.1) is 0 Å². The van der Waals surface area contributed by atoms with Gasteiger partial charge in [-0.2, -0.15) is 10.4 Å². The summed E-state index contributed by atoms with van der Waals surface area (Å²) in [5.41, 5.74) is 0.595. The third-order valence-electron chi connectivity index (χ3n) is 4.32. The average Bonchev–Trinajstić information content (AvgIpc) is 3.16. The monoisotopic (exact) mass is 339 g/mol. The van der Waals surface area contributed by atoms with Crippen LogP contribution in [-0.4, -0.2) is 44.8 Å². The van der Waals surface area contributed by atoms with E-state index >= 15 is 0 Å². The molecule has 1 fully saturated rings. The van der Waals surface area contributed by atoms with Crippen LogP contribution < -0.4 is 10.2 Å². The summed E-state index contributed by atoms with van der Waals surface area (Å²) in [5.74, 6) is 0.816. The molecular weight excluding hydrogens is 318 g/mol. The summed E-state index contributed by atoms with van der Waals surface area (Å²) in [4.78, 5) is 22.4. The third kappa shape index (κ3) is 4.53. The molecule has 0 atom stereocenters. The number of pyridine rings is 1. The standard InChI is InChI=1S/C17H21N7O/c18-11-14-3-1-7-20-17(14)23-9-5-15(6-10-23)22-16(25)4-2-8-24-13-19-12-21-24/h1,3,7,12-13,15H,2,4-6,8-10H2,(H,22,25). The first-order valence-corrected chi connectivity index (χ1v) is 8.48. The molecule has 0 aliphatic carbocycles. The SMILES string of the molecule is N#Cc1cccnc1N1CCC(NC(=O)CCCn2cncn2)CC1. The second-order valence-corrected chi connectivity index (χ2v) is 6.08. The number of aromatic nitrogens is 4. The summed E-state index contributed by atoms with van der Waals surface area (Å²) in [5, 5.41) is 16.3. The van der Waals surface area contributed by atoms with E-state index in [9.17, 15) is 10.1 Å². The molecule has 8 nitrogen and oxygen atoms in total. The number of carbonyl (C=O) groups is 1. The highest BCUT2D eigenvalue weighted by molar-refractivity contribution is 5.76. The van der Waals surface area contributed by atoms with Crippen molar-refractivity contribution in [2.24, 2.45) is 0 Å². The summed E-state index contributed by atoms with van der Waals surface area (Å²) < 4.78 is 1.73. The quantitative estimate of drug-likeness (QED) is 0.846. The summed E-state index contributed by atoms with van der Waals surface area (Å²) >= 11 is 0. The normalized spacial score (nSPS) is 14.9. The molecule has 0 bridgehead atoms. The minimum atomic E-state index is 0.0779. The van der Waals surface area contributed by atoms with Crippen molar-refractivity contribution >= 4 is 11.7 Å². The molecule has 130 valence electrons. The number of rotatable bonds is 6. The molecule has 1 aliphatic heterocycles. The van der Waals surface area contributed by atoms with Crippen LogP contribution in [0, 0.1) is 11.3 Å². The van der Waals surface area contributed by atoms with Crippen molar-refractivity contribution in [3.8, 4) is 6.07 Å². The van der Waals surface area contributed by atoms with Crippen molar-refractivity contribution in [3.05, 3.63) is 36.5 Å². The Bertz CT molecular complexity index is 730. The summed E-state index contributed by atoms with van der Waals surface area (Å²) in [7, 11) is 0. The average molecular weight is 339 g/mol. The molecular formula is C17H21N7O. The molecule has 1 N–H and O–H groups in total. The Labute approximate surface area is 146 Å². The van der Waals surface area contributed by atoms with Crippen LogP contribution >= 0.6 is 0 Å². The second-order valence-electron chi connectivity index (χ2n) is 6.08. The zero-order chi connectivity index (χ0) is 17.5. The molecule has 1 amide bonds. The maximum Gasteiger partial charge on any atom is 0.220 e. The van der Waals surface area contributed by atoms with Crippen LogP contribution in [0.1, 0.15) is 31.2 Å². The highest BCUT2D eigenvalue weighted by atomic mass is 16.1. The smallest absolute Gasteiger partial charge is 0.220 e. The van der Waals surface area contributed by atoms with Crippen molar-refractivity contribution < 1.29 is 4.79 Å². The zero-order valence-corrected chi connectivity index (χ0v) is 14.0. The van der Waals surface area contributed by atoms with Gasteiger partial charge in [0.2, 0.25) is 5.91 Å². The van der Waals surface area contributed by atoms with Gasteiger partial charge in [-0.1, -0.05) is 0 Å². The Kier molecular flexibility index (Phi) is 5.57. The lowest BCUT2D eigenvalue weighted by Crippen LogP contribution is -2.45. The van der Waals surface area contributed by atoms with E-state index in [1.54, 1.807) is 29.3 Å². The highest BCUT2D eigenvalue weighted by Gasteiger charge is 2.22. The molecule has 1 saturated heterocycles. The highest BCUT2D eigenvalue weighted by Crippen LogP contribution is 2.21. The largest absolute Gasteiger partial charge is 0.355 e. The van der Waals surface area contributed by atoms with Crippen LogP contribution in [0.2, 0.25) is 0 Å². The molecule has 0 saturated carbocycles. The number of nitriles is 1. The van der Waals surface area contributed by atoms with Gasteiger partial charge in [-0.05, 0) is 31.4 Å². The summed E-state index contributed by atoms with van der Waals surface area (Å²) in [6.07, 6.45) is 7.80. The van der Waals surface area contributed by atoms with E-state index in [0.717, 1.165) is 38.2 Å².